The van der Waals surface area contributed by atoms with Crippen molar-refractivity contribution in [2.24, 2.45) is 11.8 Å². The van der Waals surface area contributed by atoms with E-state index in [-0.39, 0.29) is 23.7 Å². The fourth-order valence-electron chi connectivity index (χ4n) is 4.69. The lowest BCUT2D eigenvalue weighted by atomic mass is 9.81. The second-order valence-electron chi connectivity index (χ2n) is 8.23. The van der Waals surface area contributed by atoms with Crippen LogP contribution in [0.15, 0.2) is 24.3 Å². The predicted octanol–water partition coefficient (Wildman–Crippen LogP) is 1.82. The second-order valence-corrected chi connectivity index (χ2v) is 8.23. The lowest BCUT2D eigenvalue weighted by Gasteiger charge is -2.36. The Morgan fingerprint density at radius 1 is 0.862 bits per heavy atom. The Morgan fingerprint density at radius 2 is 1.41 bits per heavy atom. The van der Waals surface area contributed by atoms with Crippen molar-refractivity contribution in [3.8, 4) is 11.5 Å². The standard InChI is InChI=1S/C22H31N3O4/c1-28-17-6-8-18(9-7-17)29-15-14-23-10-12-24(13-11-23)16-25-21(26)19-4-2-3-5-20(19)22(25)27/h6-9,19-20H,2-5,10-16H2,1H3/t19-,20-/m1/s1. The zero-order valence-corrected chi connectivity index (χ0v) is 17.2. The Balaban J connectivity index is 1.18. The summed E-state index contributed by atoms with van der Waals surface area (Å²) in [4.78, 5) is 31.4. The predicted molar refractivity (Wildman–Crippen MR) is 109 cm³/mol. The third-order valence-corrected chi connectivity index (χ3v) is 6.47. The van der Waals surface area contributed by atoms with E-state index in [1.807, 2.05) is 24.3 Å². The Kier molecular flexibility index (Phi) is 6.35. The summed E-state index contributed by atoms with van der Waals surface area (Å²) in [6, 6.07) is 7.62. The number of likely N-dealkylation sites (tertiary alicyclic amines) is 1. The maximum atomic E-state index is 12.6. The van der Waals surface area contributed by atoms with Gasteiger partial charge in [-0.05, 0) is 37.1 Å². The van der Waals surface area contributed by atoms with Gasteiger partial charge in [-0.3, -0.25) is 24.3 Å². The van der Waals surface area contributed by atoms with Gasteiger partial charge in [0.1, 0.15) is 18.1 Å². The molecule has 7 nitrogen and oxygen atoms in total. The van der Waals surface area contributed by atoms with Crippen LogP contribution in [0.4, 0.5) is 0 Å². The zero-order chi connectivity index (χ0) is 20.2. The van der Waals surface area contributed by atoms with Crippen molar-refractivity contribution in [1.82, 2.24) is 14.7 Å². The van der Waals surface area contributed by atoms with E-state index in [2.05, 4.69) is 9.80 Å². The van der Waals surface area contributed by atoms with Crippen LogP contribution in [-0.4, -0.2) is 79.6 Å². The van der Waals surface area contributed by atoms with Gasteiger partial charge in [0.05, 0.1) is 25.6 Å². The molecule has 1 aromatic carbocycles. The highest BCUT2D eigenvalue weighted by Crippen LogP contribution is 2.38. The maximum absolute atomic E-state index is 12.6. The molecule has 2 amide bonds. The van der Waals surface area contributed by atoms with E-state index < -0.39 is 0 Å². The molecule has 2 heterocycles. The van der Waals surface area contributed by atoms with Crippen molar-refractivity contribution in [3.05, 3.63) is 24.3 Å². The number of hydrogen-bond donors (Lipinski definition) is 0. The Hall–Kier alpha value is -2.12. The molecule has 0 radical (unpaired) electrons. The lowest BCUT2D eigenvalue weighted by molar-refractivity contribution is -0.142. The van der Waals surface area contributed by atoms with Crippen molar-refractivity contribution in [1.29, 1.82) is 0 Å². The van der Waals surface area contributed by atoms with Crippen LogP contribution in [0.25, 0.3) is 0 Å². The van der Waals surface area contributed by atoms with Crippen LogP contribution in [0, 0.1) is 11.8 Å². The Bertz CT molecular complexity index is 691. The number of amides is 2. The average molecular weight is 402 g/mol. The number of piperazine rings is 1. The van der Waals surface area contributed by atoms with Gasteiger partial charge in [-0.2, -0.15) is 0 Å². The molecule has 0 spiro atoms. The molecule has 1 saturated carbocycles. The molecule has 0 aromatic heterocycles. The maximum Gasteiger partial charge on any atom is 0.234 e. The smallest absolute Gasteiger partial charge is 0.234 e. The van der Waals surface area contributed by atoms with Crippen molar-refractivity contribution < 1.29 is 19.1 Å². The summed E-state index contributed by atoms with van der Waals surface area (Å²) in [6.45, 7) is 5.55. The summed E-state index contributed by atoms with van der Waals surface area (Å²) in [5.74, 6) is 1.70. The number of imide groups is 1. The summed E-state index contributed by atoms with van der Waals surface area (Å²) >= 11 is 0. The molecule has 3 fully saturated rings. The first kappa shape index (κ1) is 20.2. The molecule has 158 valence electrons. The number of carbonyl (C=O) groups is 2. The molecular weight excluding hydrogens is 370 g/mol. The molecule has 0 unspecified atom stereocenters. The van der Waals surface area contributed by atoms with E-state index in [1.54, 1.807) is 7.11 Å². The van der Waals surface area contributed by atoms with E-state index in [0.29, 0.717) is 13.3 Å². The number of hydrogen-bond acceptors (Lipinski definition) is 6. The highest BCUT2D eigenvalue weighted by atomic mass is 16.5. The number of methoxy groups -OCH3 is 1. The van der Waals surface area contributed by atoms with Crippen LogP contribution in [0.2, 0.25) is 0 Å². The first-order valence-electron chi connectivity index (χ1n) is 10.7. The van der Waals surface area contributed by atoms with Gasteiger partial charge in [-0.1, -0.05) is 12.8 Å². The minimum absolute atomic E-state index is 0.0485. The Morgan fingerprint density at radius 3 is 2.00 bits per heavy atom. The van der Waals surface area contributed by atoms with E-state index in [9.17, 15) is 9.59 Å². The number of benzene rings is 1. The third-order valence-electron chi connectivity index (χ3n) is 6.47. The van der Waals surface area contributed by atoms with Gasteiger partial charge < -0.3 is 9.47 Å². The molecule has 4 rings (SSSR count). The molecule has 1 aliphatic carbocycles. The molecule has 2 saturated heterocycles. The minimum atomic E-state index is -0.0485. The zero-order valence-electron chi connectivity index (χ0n) is 17.2. The number of carbonyl (C=O) groups excluding carboxylic acids is 2. The summed E-state index contributed by atoms with van der Waals surface area (Å²) in [6.07, 6.45) is 3.91. The highest BCUT2D eigenvalue weighted by Gasteiger charge is 2.48. The minimum Gasteiger partial charge on any atom is -0.497 e. The summed E-state index contributed by atoms with van der Waals surface area (Å²) in [5.41, 5.74) is 0. The fourth-order valence-corrected chi connectivity index (χ4v) is 4.69. The SMILES string of the molecule is COc1ccc(OCCN2CCN(CN3C(=O)[C@@H]4CCCC[C@H]4C3=O)CC2)cc1. The van der Waals surface area contributed by atoms with Crippen molar-refractivity contribution in [3.63, 3.8) is 0 Å². The Labute approximate surface area is 172 Å². The van der Waals surface area contributed by atoms with Gasteiger partial charge in [0.15, 0.2) is 0 Å². The van der Waals surface area contributed by atoms with E-state index >= 15 is 0 Å². The largest absolute Gasteiger partial charge is 0.497 e. The van der Waals surface area contributed by atoms with Crippen LogP contribution in [0.5, 0.6) is 11.5 Å². The molecule has 2 atom stereocenters. The first-order valence-corrected chi connectivity index (χ1v) is 10.7. The van der Waals surface area contributed by atoms with Crippen LogP contribution >= 0.6 is 0 Å². The lowest BCUT2D eigenvalue weighted by Crippen LogP contribution is -2.51. The topological polar surface area (TPSA) is 62.3 Å². The summed E-state index contributed by atoms with van der Waals surface area (Å²) in [7, 11) is 1.65. The number of rotatable bonds is 7. The van der Waals surface area contributed by atoms with Gasteiger partial charge in [-0.25, -0.2) is 0 Å². The van der Waals surface area contributed by atoms with Gasteiger partial charge in [-0.15, -0.1) is 0 Å². The average Bonchev–Trinajstić information content (AvgIpc) is 3.00. The number of nitrogens with zero attached hydrogens (tertiary/aromatic N) is 3. The molecule has 0 N–H and O–H groups in total. The normalized spacial score (nSPS) is 25.9. The fraction of sp³-hybridized carbons (Fsp3) is 0.636. The van der Waals surface area contributed by atoms with Gasteiger partial charge in [0.2, 0.25) is 11.8 Å². The second kappa shape index (κ2) is 9.13. The molecule has 7 heteroatoms. The van der Waals surface area contributed by atoms with Crippen LogP contribution in [-0.2, 0) is 9.59 Å². The van der Waals surface area contributed by atoms with Crippen LogP contribution in [0.1, 0.15) is 25.7 Å². The summed E-state index contributed by atoms with van der Waals surface area (Å²) in [5, 5.41) is 0. The van der Waals surface area contributed by atoms with Gasteiger partial charge in [0, 0.05) is 32.7 Å². The van der Waals surface area contributed by atoms with Crippen LogP contribution in [0.3, 0.4) is 0 Å². The summed E-state index contributed by atoms with van der Waals surface area (Å²) < 4.78 is 11.0. The monoisotopic (exact) mass is 401 g/mol. The van der Waals surface area contributed by atoms with Crippen molar-refractivity contribution >= 4 is 11.8 Å². The number of fused-ring (bicyclic) bond motifs is 1. The molecular formula is C22H31N3O4. The molecule has 29 heavy (non-hydrogen) atoms. The molecule has 0 bridgehead atoms. The molecule has 1 aromatic rings. The third kappa shape index (κ3) is 4.56. The van der Waals surface area contributed by atoms with Crippen LogP contribution < -0.4 is 9.47 Å². The number of ether oxygens (including phenoxy) is 2. The van der Waals surface area contributed by atoms with Crippen molar-refractivity contribution in [2.75, 3.05) is 53.1 Å². The molecule has 2 aliphatic heterocycles. The quantitative estimate of drug-likeness (QED) is 0.650. The molecule has 3 aliphatic rings. The van der Waals surface area contributed by atoms with Gasteiger partial charge >= 0.3 is 0 Å². The van der Waals surface area contributed by atoms with Gasteiger partial charge in [0.25, 0.3) is 0 Å². The highest BCUT2D eigenvalue weighted by molar-refractivity contribution is 6.05. The first-order chi connectivity index (χ1) is 14.2. The van der Waals surface area contributed by atoms with E-state index in [0.717, 1.165) is 69.9 Å². The van der Waals surface area contributed by atoms with E-state index in [4.69, 9.17) is 9.47 Å². The van der Waals surface area contributed by atoms with E-state index in [1.165, 1.54) is 4.90 Å². The van der Waals surface area contributed by atoms with Crippen molar-refractivity contribution in [2.45, 2.75) is 25.7 Å².